The third kappa shape index (κ3) is 5.21. The van der Waals surface area contributed by atoms with Gasteiger partial charge < -0.3 is 9.47 Å². The molecule has 214 valence electrons. The van der Waals surface area contributed by atoms with Crippen molar-refractivity contribution in [2.45, 2.75) is 31.5 Å². The molecular weight excluding hydrogens is 538 g/mol. The van der Waals surface area contributed by atoms with E-state index in [9.17, 15) is 4.79 Å². The van der Waals surface area contributed by atoms with Crippen molar-refractivity contribution in [1.29, 1.82) is 0 Å². The first-order valence-electron chi connectivity index (χ1n) is 14.5. The monoisotopic (exact) mass is 569 g/mol. The van der Waals surface area contributed by atoms with Crippen LogP contribution in [0.2, 0.25) is 0 Å². The van der Waals surface area contributed by atoms with Crippen molar-refractivity contribution < 1.29 is 14.3 Å². The number of carbonyl (C=O) groups is 1. The van der Waals surface area contributed by atoms with Crippen molar-refractivity contribution in [3.63, 3.8) is 0 Å². The Morgan fingerprint density at radius 2 is 1.63 bits per heavy atom. The maximum absolute atomic E-state index is 12.3. The Labute approximate surface area is 249 Å². The van der Waals surface area contributed by atoms with E-state index in [1.165, 1.54) is 7.11 Å². The summed E-state index contributed by atoms with van der Waals surface area (Å²) in [4.78, 5) is 17.1. The van der Waals surface area contributed by atoms with Crippen LogP contribution in [0.15, 0.2) is 109 Å². The number of esters is 1. The van der Waals surface area contributed by atoms with Crippen molar-refractivity contribution in [2.24, 2.45) is 0 Å². The molecule has 0 radical (unpaired) electrons. The van der Waals surface area contributed by atoms with Crippen LogP contribution in [0.5, 0.6) is 0 Å². The van der Waals surface area contributed by atoms with E-state index in [4.69, 9.17) is 24.7 Å². The molecule has 3 heterocycles. The Bertz CT molecular complexity index is 1830. The van der Waals surface area contributed by atoms with E-state index in [0.29, 0.717) is 18.0 Å². The lowest BCUT2D eigenvalue weighted by atomic mass is 9.99. The van der Waals surface area contributed by atoms with Gasteiger partial charge in [0.1, 0.15) is 18.1 Å². The average molecular weight is 570 g/mol. The van der Waals surface area contributed by atoms with Gasteiger partial charge >= 0.3 is 5.97 Å². The lowest BCUT2D eigenvalue weighted by Gasteiger charge is -2.23. The highest BCUT2D eigenvalue weighted by atomic mass is 16.5. The normalized spacial score (nSPS) is 15.2. The number of hydrogen-bond acceptors (Lipinski definition) is 6. The predicted molar refractivity (Wildman–Crippen MR) is 164 cm³/mol. The van der Waals surface area contributed by atoms with Crippen LogP contribution < -0.4 is 0 Å². The molecule has 1 aliphatic rings. The van der Waals surface area contributed by atoms with Crippen molar-refractivity contribution in [3.8, 4) is 22.6 Å². The van der Waals surface area contributed by atoms with E-state index in [2.05, 4.69) is 36.4 Å². The number of rotatable bonds is 7. The third-order valence-electron chi connectivity index (χ3n) is 7.95. The Balaban J connectivity index is 1.33. The molecule has 0 spiro atoms. The van der Waals surface area contributed by atoms with Gasteiger partial charge in [-0.25, -0.2) is 19.1 Å². The summed E-state index contributed by atoms with van der Waals surface area (Å²) in [7, 11) is 1.39. The molecule has 8 nitrogen and oxygen atoms in total. The van der Waals surface area contributed by atoms with E-state index in [0.717, 1.165) is 58.1 Å². The van der Waals surface area contributed by atoms with E-state index >= 15 is 0 Å². The van der Waals surface area contributed by atoms with Gasteiger partial charge in [-0.15, -0.1) is 0 Å². The summed E-state index contributed by atoms with van der Waals surface area (Å²) < 4.78 is 15.0. The van der Waals surface area contributed by atoms with Crippen LogP contribution in [0.4, 0.5) is 0 Å². The highest BCUT2D eigenvalue weighted by Gasteiger charge is 2.24. The molecule has 1 fully saturated rings. The van der Waals surface area contributed by atoms with Crippen LogP contribution in [-0.4, -0.2) is 44.2 Å². The molecule has 0 saturated carbocycles. The van der Waals surface area contributed by atoms with Gasteiger partial charge in [0.05, 0.1) is 18.2 Å². The summed E-state index contributed by atoms with van der Waals surface area (Å²) in [5.41, 5.74) is 6.15. The minimum Gasteiger partial charge on any atom is -0.465 e. The minimum absolute atomic E-state index is 0.116. The number of aromatic nitrogens is 5. The van der Waals surface area contributed by atoms with E-state index in [-0.39, 0.29) is 18.2 Å². The van der Waals surface area contributed by atoms with Crippen LogP contribution in [0.3, 0.4) is 0 Å². The Morgan fingerprint density at radius 3 is 2.33 bits per heavy atom. The standard InChI is InChI=1S/C35H31N5O3/c1-42-35(41)28-16-10-15-26(21-28)32-29-22-27(18-19-30(29)40(37-32)31-17-8-9-20-43-31)34-36-23-39(38-34)33(24-11-4-2-5-12-24)25-13-6-3-7-14-25/h2-7,10-16,18-19,21-23,31,33H,8-9,17,20H2,1H3. The minimum atomic E-state index is -0.386. The van der Waals surface area contributed by atoms with Gasteiger partial charge in [-0.05, 0) is 60.7 Å². The number of fused-ring (bicyclic) bond motifs is 1. The van der Waals surface area contributed by atoms with Gasteiger partial charge in [-0.2, -0.15) is 10.2 Å². The summed E-state index contributed by atoms with van der Waals surface area (Å²) in [5, 5.41) is 11.0. The number of hydrogen-bond donors (Lipinski definition) is 0. The maximum Gasteiger partial charge on any atom is 0.337 e. The van der Waals surface area contributed by atoms with Crippen LogP contribution >= 0.6 is 0 Å². The summed E-state index contributed by atoms with van der Waals surface area (Å²) in [5.74, 6) is 0.234. The quantitative estimate of drug-likeness (QED) is 0.191. The average Bonchev–Trinajstić information content (AvgIpc) is 3.71. The molecule has 0 amide bonds. The highest BCUT2D eigenvalue weighted by Crippen LogP contribution is 2.35. The molecule has 1 aliphatic heterocycles. The Hall–Kier alpha value is -5.08. The van der Waals surface area contributed by atoms with Crippen molar-refractivity contribution in [1.82, 2.24) is 24.5 Å². The van der Waals surface area contributed by atoms with Gasteiger partial charge in [0, 0.05) is 23.1 Å². The number of benzene rings is 4. The van der Waals surface area contributed by atoms with E-state index in [1.54, 1.807) is 12.4 Å². The fraction of sp³-hybridized carbons (Fsp3) is 0.200. The topological polar surface area (TPSA) is 84.1 Å². The fourth-order valence-electron chi connectivity index (χ4n) is 5.84. The van der Waals surface area contributed by atoms with Gasteiger partial charge in [0.2, 0.25) is 0 Å². The van der Waals surface area contributed by atoms with Crippen molar-refractivity contribution >= 4 is 16.9 Å². The Morgan fingerprint density at radius 1 is 0.860 bits per heavy atom. The number of carbonyl (C=O) groups excluding carboxylic acids is 1. The molecule has 4 aromatic carbocycles. The second-order valence-electron chi connectivity index (χ2n) is 10.7. The number of methoxy groups -OCH3 is 1. The summed E-state index contributed by atoms with van der Waals surface area (Å²) in [6.07, 6.45) is 4.68. The fourth-order valence-corrected chi connectivity index (χ4v) is 5.84. The molecule has 2 aromatic heterocycles. The van der Waals surface area contributed by atoms with Crippen molar-refractivity contribution in [3.05, 3.63) is 126 Å². The molecule has 0 N–H and O–H groups in total. The predicted octanol–water partition coefficient (Wildman–Crippen LogP) is 7.09. The highest BCUT2D eigenvalue weighted by molar-refractivity contribution is 5.97. The second kappa shape index (κ2) is 11.7. The van der Waals surface area contributed by atoms with Crippen LogP contribution in [-0.2, 0) is 9.47 Å². The zero-order valence-corrected chi connectivity index (χ0v) is 23.8. The summed E-state index contributed by atoms with van der Waals surface area (Å²) >= 11 is 0. The lowest BCUT2D eigenvalue weighted by Crippen LogP contribution is -2.19. The Kier molecular flexibility index (Phi) is 7.27. The zero-order valence-electron chi connectivity index (χ0n) is 23.8. The van der Waals surface area contributed by atoms with E-state index in [1.807, 2.05) is 70.0 Å². The lowest BCUT2D eigenvalue weighted by molar-refractivity contribution is -0.0365. The van der Waals surface area contributed by atoms with Crippen LogP contribution in [0.1, 0.15) is 53.0 Å². The van der Waals surface area contributed by atoms with E-state index < -0.39 is 0 Å². The molecule has 1 atom stereocenters. The smallest absolute Gasteiger partial charge is 0.337 e. The molecule has 0 aliphatic carbocycles. The first kappa shape index (κ1) is 26.8. The third-order valence-corrected chi connectivity index (χ3v) is 7.95. The summed E-state index contributed by atoms with van der Waals surface area (Å²) in [6.45, 7) is 0.711. The number of nitrogens with zero attached hydrogens (tertiary/aromatic N) is 5. The van der Waals surface area contributed by atoms with Gasteiger partial charge in [0.25, 0.3) is 0 Å². The molecule has 1 saturated heterocycles. The molecule has 0 bridgehead atoms. The SMILES string of the molecule is COC(=O)c1cccc(-c2nn(C3CCCCO3)c3ccc(-c4ncn(C(c5ccccc5)c5ccccc5)n4)cc23)c1. The maximum atomic E-state index is 12.3. The second-order valence-corrected chi connectivity index (χ2v) is 10.7. The first-order valence-corrected chi connectivity index (χ1v) is 14.5. The molecule has 43 heavy (non-hydrogen) atoms. The van der Waals surface area contributed by atoms with Crippen LogP contribution in [0, 0.1) is 0 Å². The van der Waals surface area contributed by atoms with Crippen molar-refractivity contribution in [2.75, 3.05) is 13.7 Å². The molecule has 7 rings (SSSR count). The van der Waals surface area contributed by atoms with Gasteiger partial charge in [-0.3, -0.25) is 0 Å². The van der Waals surface area contributed by atoms with Gasteiger partial charge in [0.15, 0.2) is 12.1 Å². The summed E-state index contributed by atoms with van der Waals surface area (Å²) in [6, 6.07) is 34.1. The molecule has 6 aromatic rings. The molecule has 8 heteroatoms. The molecule has 1 unspecified atom stereocenters. The number of ether oxygens (including phenoxy) is 2. The zero-order chi connectivity index (χ0) is 29.2. The molecular formula is C35H31N5O3. The van der Waals surface area contributed by atoms with Crippen LogP contribution in [0.25, 0.3) is 33.5 Å². The largest absolute Gasteiger partial charge is 0.465 e. The van der Waals surface area contributed by atoms with Gasteiger partial charge in [-0.1, -0.05) is 72.8 Å². The first-order chi connectivity index (χ1) is 21.2.